The number of hydrogen-bond acceptors (Lipinski definition) is 3. The maximum absolute atomic E-state index is 5.12. The average molecular weight is 278 g/mol. The standard InChI is InChI=1S/C17H30N2O/c1-6-18-17(13-19(4)10-7-11-20-5)16-9-8-14(2)15(3)12-16/h8-9,12,17-18H,6-7,10-11,13H2,1-5H3. The van der Waals surface area contributed by atoms with Crippen molar-refractivity contribution in [1.29, 1.82) is 0 Å². The SMILES string of the molecule is CCNC(CN(C)CCCOC)c1ccc(C)c(C)c1. The second-order valence-electron chi connectivity index (χ2n) is 5.56. The molecule has 1 N–H and O–H groups in total. The molecule has 0 saturated carbocycles. The third-order valence-corrected chi connectivity index (χ3v) is 3.77. The van der Waals surface area contributed by atoms with Crippen molar-refractivity contribution in [2.75, 3.05) is 40.4 Å². The second kappa shape index (κ2) is 9.11. The summed E-state index contributed by atoms with van der Waals surface area (Å²) in [6, 6.07) is 7.18. The molecule has 0 aliphatic heterocycles. The highest BCUT2D eigenvalue weighted by atomic mass is 16.5. The third kappa shape index (κ3) is 5.61. The van der Waals surface area contributed by atoms with Gasteiger partial charge in [0.2, 0.25) is 0 Å². The molecule has 0 fully saturated rings. The molecule has 0 saturated heterocycles. The van der Waals surface area contributed by atoms with Crippen LogP contribution in [0.1, 0.15) is 36.1 Å². The number of nitrogens with one attached hydrogen (secondary N) is 1. The van der Waals surface area contributed by atoms with Crippen LogP contribution in [0.4, 0.5) is 0 Å². The van der Waals surface area contributed by atoms with Crippen LogP contribution in [0.5, 0.6) is 0 Å². The zero-order chi connectivity index (χ0) is 15.0. The Morgan fingerprint density at radius 1 is 1.25 bits per heavy atom. The Kier molecular flexibility index (Phi) is 7.82. The summed E-state index contributed by atoms with van der Waals surface area (Å²) in [5.41, 5.74) is 4.11. The van der Waals surface area contributed by atoms with Crippen LogP contribution in [0.25, 0.3) is 0 Å². The van der Waals surface area contributed by atoms with Crippen molar-refractivity contribution in [3.8, 4) is 0 Å². The van der Waals surface area contributed by atoms with E-state index in [1.165, 1.54) is 16.7 Å². The summed E-state index contributed by atoms with van der Waals surface area (Å²) >= 11 is 0. The molecule has 114 valence electrons. The highest BCUT2D eigenvalue weighted by Gasteiger charge is 2.13. The summed E-state index contributed by atoms with van der Waals surface area (Å²) in [4.78, 5) is 2.38. The molecule has 20 heavy (non-hydrogen) atoms. The number of ether oxygens (including phenoxy) is 1. The summed E-state index contributed by atoms with van der Waals surface area (Å²) in [7, 11) is 3.94. The van der Waals surface area contributed by atoms with E-state index in [9.17, 15) is 0 Å². The van der Waals surface area contributed by atoms with Crippen molar-refractivity contribution in [3.63, 3.8) is 0 Å². The van der Waals surface area contributed by atoms with Gasteiger partial charge in [0.05, 0.1) is 0 Å². The van der Waals surface area contributed by atoms with Gasteiger partial charge in [-0.2, -0.15) is 0 Å². The molecule has 3 heteroatoms. The van der Waals surface area contributed by atoms with Gasteiger partial charge in [0.15, 0.2) is 0 Å². The number of nitrogens with zero attached hydrogens (tertiary/aromatic N) is 1. The molecule has 0 aromatic heterocycles. The normalized spacial score (nSPS) is 12.9. The van der Waals surface area contributed by atoms with Crippen molar-refractivity contribution in [2.24, 2.45) is 0 Å². The van der Waals surface area contributed by atoms with E-state index in [2.05, 4.69) is 56.2 Å². The minimum absolute atomic E-state index is 0.395. The number of benzene rings is 1. The molecular weight excluding hydrogens is 248 g/mol. The van der Waals surface area contributed by atoms with Gasteiger partial charge < -0.3 is 15.0 Å². The number of likely N-dealkylation sites (N-methyl/N-ethyl adjacent to an activating group) is 2. The molecule has 0 aliphatic carbocycles. The van der Waals surface area contributed by atoms with Gasteiger partial charge in [-0.25, -0.2) is 0 Å². The van der Waals surface area contributed by atoms with Gasteiger partial charge >= 0.3 is 0 Å². The number of aryl methyl sites for hydroxylation is 2. The lowest BCUT2D eigenvalue weighted by Gasteiger charge is -2.25. The number of methoxy groups -OCH3 is 1. The molecule has 0 amide bonds. The van der Waals surface area contributed by atoms with E-state index in [4.69, 9.17) is 4.74 Å². The van der Waals surface area contributed by atoms with Gasteiger partial charge in [-0.1, -0.05) is 25.1 Å². The van der Waals surface area contributed by atoms with Crippen LogP contribution in [0.3, 0.4) is 0 Å². The van der Waals surface area contributed by atoms with E-state index < -0.39 is 0 Å². The Labute approximate surface area is 124 Å². The Hall–Kier alpha value is -0.900. The van der Waals surface area contributed by atoms with E-state index in [1.54, 1.807) is 7.11 Å². The molecule has 1 unspecified atom stereocenters. The third-order valence-electron chi connectivity index (χ3n) is 3.77. The molecule has 1 aromatic rings. The van der Waals surface area contributed by atoms with Gasteiger partial charge in [0.25, 0.3) is 0 Å². The van der Waals surface area contributed by atoms with Crippen LogP contribution < -0.4 is 5.32 Å². The van der Waals surface area contributed by atoms with E-state index >= 15 is 0 Å². The predicted molar refractivity (Wildman–Crippen MR) is 86.3 cm³/mol. The van der Waals surface area contributed by atoms with Crippen molar-refractivity contribution >= 4 is 0 Å². The molecule has 0 radical (unpaired) electrons. The summed E-state index contributed by atoms with van der Waals surface area (Å²) < 4.78 is 5.12. The van der Waals surface area contributed by atoms with Crippen LogP contribution in [-0.2, 0) is 4.74 Å². The summed E-state index contributed by atoms with van der Waals surface area (Å²) in [6.07, 6.45) is 1.08. The zero-order valence-corrected chi connectivity index (χ0v) is 13.7. The van der Waals surface area contributed by atoms with Gasteiger partial charge in [-0.15, -0.1) is 0 Å². The van der Waals surface area contributed by atoms with Crippen LogP contribution >= 0.6 is 0 Å². The minimum atomic E-state index is 0.395. The second-order valence-corrected chi connectivity index (χ2v) is 5.56. The smallest absolute Gasteiger partial charge is 0.0474 e. The van der Waals surface area contributed by atoms with Gasteiger partial charge in [-0.3, -0.25) is 0 Å². The molecule has 1 aromatic carbocycles. The van der Waals surface area contributed by atoms with Crippen LogP contribution in [0.15, 0.2) is 18.2 Å². The molecule has 0 heterocycles. The van der Waals surface area contributed by atoms with Crippen LogP contribution in [0.2, 0.25) is 0 Å². The van der Waals surface area contributed by atoms with E-state index in [0.717, 1.165) is 32.7 Å². The monoisotopic (exact) mass is 278 g/mol. The maximum Gasteiger partial charge on any atom is 0.0474 e. The van der Waals surface area contributed by atoms with Crippen molar-refractivity contribution < 1.29 is 4.74 Å². The fourth-order valence-corrected chi connectivity index (χ4v) is 2.40. The van der Waals surface area contributed by atoms with Gasteiger partial charge in [0, 0.05) is 32.8 Å². The molecule has 0 spiro atoms. The van der Waals surface area contributed by atoms with E-state index in [1.807, 2.05) is 0 Å². The fourth-order valence-electron chi connectivity index (χ4n) is 2.40. The first-order valence-corrected chi connectivity index (χ1v) is 7.56. The highest BCUT2D eigenvalue weighted by molar-refractivity contribution is 5.31. The molecular formula is C17H30N2O. The molecule has 1 atom stereocenters. The summed E-state index contributed by atoms with van der Waals surface area (Å²) in [5, 5.41) is 3.59. The Morgan fingerprint density at radius 3 is 2.60 bits per heavy atom. The lowest BCUT2D eigenvalue weighted by atomic mass is 10.0. The lowest BCUT2D eigenvalue weighted by Crippen LogP contribution is -2.34. The summed E-state index contributed by atoms with van der Waals surface area (Å²) in [5.74, 6) is 0. The van der Waals surface area contributed by atoms with Crippen LogP contribution in [0, 0.1) is 13.8 Å². The number of hydrogen-bond donors (Lipinski definition) is 1. The fraction of sp³-hybridized carbons (Fsp3) is 0.647. The molecule has 0 bridgehead atoms. The topological polar surface area (TPSA) is 24.5 Å². The first-order chi connectivity index (χ1) is 9.58. The Morgan fingerprint density at radius 2 is 2.00 bits per heavy atom. The lowest BCUT2D eigenvalue weighted by molar-refractivity contribution is 0.176. The predicted octanol–water partition coefficient (Wildman–Crippen LogP) is 2.92. The Bertz CT molecular complexity index is 393. The van der Waals surface area contributed by atoms with E-state index in [0.29, 0.717) is 6.04 Å². The molecule has 1 rings (SSSR count). The van der Waals surface area contributed by atoms with Crippen molar-refractivity contribution in [2.45, 2.75) is 33.2 Å². The largest absolute Gasteiger partial charge is 0.385 e. The van der Waals surface area contributed by atoms with Crippen molar-refractivity contribution in [3.05, 3.63) is 34.9 Å². The van der Waals surface area contributed by atoms with Gasteiger partial charge in [0.1, 0.15) is 0 Å². The minimum Gasteiger partial charge on any atom is -0.385 e. The van der Waals surface area contributed by atoms with Crippen molar-refractivity contribution in [1.82, 2.24) is 10.2 Å². The first-order valence-electron chi connectivity index (χ1n) is 7.56. The maximum atomic E-state index is 5.12. The molecule has 3 nitrogen and oxygen atoms in total. The Balaban J connectivity index is 2.65. The molecule has 0 aliphatic rings. The average Bonchev–Trinajstić information content (AvgIpc) is 2.42. The van der Waals surface area contributed by atoms with Gasteiger partial charge in [-0.05, 0) is 50.6 Å². The number of rotatable bonds is 9. The quantitative estimate of drug-likeness (QED) is 0.703. The highest BCUT2D eigenvalue weighted by Crippen LogP contribution is 2.18. The van der Waals surface area contributed by atoms with Crippen LogP contribution in [-0.4, -0.2) is 45.3 Å². The zero-order valence-electron chi connectivity index (χ0n) is 13.7. The first kappa shape index (κ1) is 17.2. The summed E-state index contributed by atoms with van der Waals surface area (Å²) in [6.45, 7) is 10.4. The van der Waals surface area contributed by atoms with E-state index in [-0.39, 0.29) is 0 Å².